The quantitative estimate of drug-likeness (QED) is 0.492. The number of fused-ring (bicyclic) bond motifs is 4. The third-order valence-corrected chi connectivity index (χ3v) is 11.5. The van der Waals surface area contributed by atoms with Gasteiger partial charge in [-0.05, 0) is 75.7 Å². The standard InChI is InChI=1S/C28H36O6/c1-13-11-19(33-25(32)14(13)2)15(3)16-8-9-17-22-18(12-21(30)26(16,17)4)27(5)20(29)7-6-10-28(27)24(34-28)23(22)31/h6-7,15-19,22-24,31H,8-12H2,1-5H3. The van der Waals surface area contributed by atoms with Crippen LogP contribution in [0.15, 0.2) is 23.3 Å². The fraction of sp³-hybridized carbons (Fsp3) is 0.750. The first-order chi connectivity index (χ1) is 16.0. The van der Waals surface area contributed by atoms with Gasteiger partial charge in [0, 0.05) is 23.8 Å². The summed E-state index contributed by atoms with van der Waals surface area (Å²) in [6.45, 7) is 9.97. The number of esters is 1. The van der Waals surface area contributed by atoms with Gasteiger partial charge < -0.3 is 14.6 Å². The number of hydrogen-bond donors (Lipinski definition) is 1. The minimum Gasteiger partial charge on any atom is -0.458 e. The van der Waals surface area contributed by atoms with Crippen molar-refractivity contribution >= 4 is 17.5 Å². The van der Waals surface area contributed by atoms with E-state index in [1.807, 2.05) is 26.8 Å². The Balaban J connectivity index is 1.35. The lowest BCUT2D eigenvalue weighted by atomic mass is 9.43. The summed E-state index contributed by atoms with van der Waals surface area (Å²) >= 11 is 0. The fourth-order valence-electron chi connectivity index (χ4n) is 9.15. The van der Waals surface area contributed by atoms with Gasteiger partial charge in [0.05, 0.1) is 11.5 Å². The molecule has 0 aromatic carbocycles. The number of rotatable bonds is 2. The summed E-state index contributed by atoms with van der Waals surface area (Å²) in [5.41, 5.74) is -0.277. The van der Waals surface area contributed by atoms with Crippen molar-refractivity contribution in [3.05, 3.63) is 23.3 Å². The van der Waals surface area contributed by atoms with Gasteiger partial charge in [0.25, 0.3) is 0 Å². The maximum absolute atomic E-state index is 14.0. The Morgan fingerprint density at radius 2 is 1.82 bits per heavy atom. The first-order valence-electron chi connectivity index (χ1n) is 13.0. The molecule has 184 valence electrons. The second-order valence-electron chi connectivity index (χ2n) is 12.4. The largest absolute Gasteiger partial charge is 0.458 e. The number of ketones is 2. The van der Waals surface area contributed by atoms with Crippen molar-refractivity contribution < 1.29 is 29.0 Å². The van der Waals surface area contributed by atoms with E-state index in [-0.39, 0.29) is 59.3 Å². The van der Waals surface area contributed by atoms with Crippen molar-refractivity contribution in [2.24, 2.45) is 40.4 Å². The van der Waals surface area contributed by atoms with Crippen LogP contribution in [0, 0.1) is 40.4 Å². The van der Waals surface area contributed by atoms with E-state index in [9.17, 15) is 19.5 Å². The summed E-state index contributed by atoms with van der Waals surface area (Å²) in [6, 6.07) is 0. The average molecular weight is 469 g/mol. The van der Waals surface area contributed by atoms with Crippen LogP contribution in [0.2, 0.25) is 0 Å². The predicted octanol–water partition coefficient (Wildman–Crippen LogP) is 3.56. The van der Waals surface area contributed by atoms with Gasteiger partial charge in [-0.1, -0.05) is 25.5 Å². The molecule has 0 aromatic rings. The summed E-state index contributed by atoms with van der Waals surface area (Å²) < 4.78 is 12.0. The summed E-state index contributed by atoms with van der Waals surface area (Å²) in [6.07, 6.45) is 5.61. The zero-order chi connectivity index (χ0) is 24.4. The number of hydrogen-bond acceptors (Lipinski definition) is 6. The molecule has 11 unspecified atom stereocenters. The molecule has 11 atom stereocenters. The maximum atomic E-state index is 14.0. The number of aliphatic hydroxyl groups excluding tert-OH is 1. The highest BCUT2D eigenvalue weighted by Crippen LogP contribution is 2.72. The Morgan fingerprint density at radius 3 is 2.53 bits per heavy atom. The number of ether oxygens (including phenoxy) is 2. The van der Waals surface area contributed by atoms with Crippen LogP contribution < -0.4 is 0 Å². The van der Waals surface area contributed by atoms with E-state index in [0.717, 1.165) is 18.4 Å². The second-order valence-corrected chi connectivity index (χ2v) is 12.4. The highest BCUT2D eigenvalue weighted by Gasteiger charge is 2.81. The first kappa shape index (κ1) is 22.7. The minimum atomic E-state index is -0.769. The molecular weight excluding hydrogens is 432 g/mol. The molecule has 4 fully saturated rings. The topological polar surface area (TPSA) is 93.2 Å². The molecule has 0 radical (unpaired) electrons. The molecule has 2 aliphatic heterocycles. The zero-order valence-corrected chi connectivity index (χ0v) is 20.8. The summed E-state index contributed by atoms with van der Waals surface area (Å²) in [5.74, 6) is -0.262. The summed E-state index contributed by atoms with van der Waals surface area (Å²) in [7, 11) is 0. The molecule has 6 aliphatic rings. The smallest absolute Gasteiger partial charge is 0.333 e. The van der Waals surface area contributed by atoms with E-state index in [0.29, 0.717) is 24.8 Å². The highest BCUT2D eigenvalue weighted by atomic mass is 16.6. The molecule has 4 aliphatic carbocycles. The van der Waals surface area contributed by atoms with Gasteiger partial charge in [0.2, 0.25) is 0 Å². The molecule has 3 saturated carbocycles. The van der Waals surface area contributed by atoms with Gasteiger partial charge in [-0.3, -0.25) is 9.59 Å². The van der Waals surface area contributed by atoms with E-state index in [4.69, 9.17) is 9.47 Å². The van der Waals surface area contributed by atoms with Crippen molar-refractivity contribution in [1.82, 2.24) is 0 Å². The van der Waals surface area contributed by atoms with E-state index >= 15 is 0 Å². The Morgan fingerprint density at radius 1 is 1.09 bits per heavy atom. The minimum absolute atomic E-state index is 0.00315. The van der Waals surface area contributed by atoms with Crippen molar-refractivity contribution in [3.63, 3.8) is 0 Å². The number of aliphatic hydroxyl groups is 1. The van der Waals surface area contributed by atoms with Gasteiger partial charge in [-0.15, -0.1) is 0 Å². The molecule has 34 heavy (non-hydrogen) atoms. The van der Waals surface area contributed by atoms with Crippen molar-refractivity contribution in [3.8, 4) is 0 Å². The van der Waals surface area contributed by atoms with Crippen LogP contribution >= 0.6 is 0 Å². The van der Waals surface area contributed by atoms with Gasteiger partial charge in [-0.25, -0.2) is 4.79 Å². The second kappa shape index (κ2) is 6.91. The van der Waals surface area contributed by atoms with Crippen LogP contribution in [0.1, 0.15) is 66.7 Å². The molecule has 6 rings (SSSR count). The zero-order valence-electron chi connectivity index (χ0n) is 20.8. The predicted molar refractivity (Wildman–Crippen MR) is 123 cm³/mol. The summed E-state index contributed by atoms with van der Waals surface area (Å²) in [5, 5.41) is 11.5. The lowest BCUT2D eigenvalue weighted by Crippen LogP contribution is -2.66. The number of Topliss-reactive ketones (excluding diaryl/α,β-unsaturated/α-hetero) is 1. The SMILES string of the molecule is CC1=C(C)C(=O)OC(C(C)C2CCC3C4C(O)C5OC56CC=CC(=O)C6(C)C4CC(=O)C23C)C1. The number of carbonyl (C=O) groups excluding carboxylic acids is 3. The van der Waals surface area contributed by atoms with Gasteiger partial charge in [0.15, 0.2) is 5.78 Å². The number of epoxide rings is 1. The van der Waals surface area contributed by atoms with Crippen LogP contribution in [0.25, 0.3) is 0 Å². The molecule has 0 aromatic heterocycles. The van der Waals surface area contributed by atoms with Crippen molar-refractivity contribution in [1.29, 1.82) is 0 Å². The monoisotopic (exact) mass is 468 g/mol. The third kappa shape index (κ3) is 2.47. The maximum Gasteiger partial charge on any atom is 0.333 e. The lowest BCUT2D eigenvalue weighted by molar-refractivity contribution is -0.169. The molecule has 6 nitrogen and oxygen atoms in total. The molecule has 2 heterocycles. The van der Waals surface area contributed by atoms with Crippen LogP contribution in [0.5, 0.6) is 0 Å². The van der Waals surface area contributed by atoms with Crippen LogP contribution in [-0.2, 0) is 23.9 Å². The third-order valence-electron chi connectivity index (χ3n) is 11.5. The Labute approximate surface area is 201 Å². The van der Waals surface area contributed by atoms with Crippen molar-refractivity contribution in [2.75, 3.05) is 0 Å². The van der Waals surface area contributed by atoms with Crippen molar-refractivity contribution in [2.45, 2.75) is 90.6 Å². The molecule has 6 heteroatoms. The Kier molecular flexibility index (Phi) is 4.60. The average Bonchev–Trinajstić information content (AvgIpc) is 3.42. The highest BCUT2D eigenvalue weighted by molar-refractivity contribution is 5.99. The molecule has 0 amide bonds. The van der Waals surface area contributed by atoms with E-state index < -0.39 is 22.5 Å². The molecule has 0 bridgehead atoms. The van der Waals surface area contributed by atoms with Gasteiger partial charge in [-0.2, -0.15) is 0 Å². The number of cyclic esters (lactones) is 1. The fourth-order valence-corrected chi connectivity index (χ4v) is 9.15. The van der Waals surface area contributed by atoms with Crippen LogP contribution in [-0.4, -0.2) is 46.6 Å². The van der Waals surface area contributed by atoms with E-state index in [1.165, 1.54) is 0 Å². The first-order valence-corrected chi connectivity index (χ1v) is 13.0. The molecule has 1 saturated heterocycles. The van der Waals surface area contributed by atoms with Crippen LogP contribution in [0.4, 0.5) is 0 Å². The van der Waals surface area contributed by atoms with Gasteiger partial charge in [0.1, 0.15) is 23.6 Å². The van der Waals surface area contributed by atoms with E-state index in [1.54, 1.807) is 6.08 Å². The summed E-state index contributed by atoms with van der Waals surface area (Å²) in [4.78, 5) is 39.7. The lowest BCUT2D eigenvalue weighted by Gasteiger charge is -2.58. The van der Waals surface area contributed by atoms with E-state index in [2.05, 4.69) is 13.8 Å². The molecular formula is C28H36O6. The molecule has 1 spiro atoms. The number of carbonyl (C=O) groups is 3. The normalized spacial score (nSPS) is 52.4. The van der Waals surface area contributed by atoms with Crippen LogP contribution in [0.3, 0.4) is 0 Å². The Bertz CT molecular complexity index is 1060. The molecule has 1 N–H and O–H groups in total. The van der Waals surface area contributed by atoms with Gasteiger partial charge >= 0.3 is 5.97 Å². The Hall–Kier alpha value is -1.79. The number of allylic oxidation sites excluding steroid dienone is 1.